The van der Waals surface area contributed by atoms with Gasteiger partial charge < -0.3 is 9.88 Å². The molecule has 0 saturated carbocycles. The molecule has 0 aliphatic rings. The summed E-state index contributed by atoms with van der Waals surface area (Å²) in [4.78, 5) is 28.9. The average Bonchev–Trinajstić information content (AvgIpc) is 3.06. The number of hydrogen-bond donors (Lipinski definition) is 1. The molecule has 0 spiro atoms. The second-order valence-electron chi connectivity index (χ2n) is 7.46. The molecule has 3 rings (SSSR count). The molecular formula is C23H27N3O2S. The van der Waals surface area contributed by atoms with Crippen LogP contribution in [-0.2, 0) is 22.6 Å². The van der Waals surface area contributed by atoms with Gasteiger partial charge in [-0.05, 0) is 37.0 Å². The number of nitrogens with one attached hydrogen (secondary N) is 1. The van der Waals surface area contributed by atoms with Crippen LogP contribution in [0.1, 0.15) is 26.3 Å². The second-order valence-corrected chi connectivity index (χ2v) is 8.40. The highest BCUT2D eigenvalue weighted by atomic mass is 32.2. The van der Waals surface area contributed by atoms with Crippen LogP contribution >= 0.6 is 11.8 Å². The number of carbonyl (C=O) groups is 2. The lowest BCUT2D eigenvalue weighted by Crippen LogP contribution is -2.44. The number of aromatic nitrogens is 2. The molecular weight excluding hydrogens is 382 g/mol. The van der Waals surface area contributed by atoms with Gasteiger partial charge in [-0.2, -0.15) is 0 Å². The lowest BCUT2D eigenvalue weighted by molar-refractivity contribution is -0.126. The predicted molar refractivity (Wildman–Crippen MR) is 118 cm³/mol. The average molecular weight is 410 g/mol. The van der Waals surface area contributed by atoms with Crippen LogP contribution in [0, 0.1) is 5.92 Å². The van der Waals surface area contributed by atoms with E-state index in [1.807, 2.05) is 50.2 Å². The van der Waals surface area contributed by atoms with E-state index in [9.17, 15) is 9.59 Å². The molecule has 1 N–H and O–H groups in total. The summed E-state index contributed by atoms with van der Waals surface area (Å²) >= 11 is 1.41. The van der Waals surface area contributed by atoms with Gasteiger partial charge in [-0.15, -0.1) is 0 Å². The van der Waals surface area contributed by atoms with Crippen LogP contribution in [-0.4, -0.2) is 33.0 Å². The van der Waals surface area contributed by atoms with Gasteiger partial charge in [0.1, 0.15) is 0 Å². The Hall–Kier alpha value is -2.60. The van der Waals surface area contributed by atoms with E-state index < -0.39 is 6.04 Å². The van der Waals surface area contributed by atoms with E-state index in [-0.39, 0.29) is 23.4 Å². The van der Waals surface area contributed by atoms with Crippen LogP contribution in [0.25, 0.3) is 11.0 Å². The quantitative estimate of drug-likeness (QED) is 0.541. The number of para-hydroxylation sites is 2. The van der Waals surface area contributed by atoms with Crippen molar-refractivity contribution in [2.24, 2.45) is 5.92 Å². The molecule has 1 amide bonds. The molecule has 152 valence electrons. The summed E-state index contributed by atoms with van der Waals surface area (Å²) in [6.45, 7) is 6.17. The van der Waals surface area contributed by atoms with E-state index in [0.29, 0.717) is 0 Å². The van der Waals surface area contributed by atoms with Crippen molar-refractivity contribution in [3.8, 4) is 0 Å². The van der Waals surface area contributed by atoms with Gasteiger partial charge in [-0.1, -0.05) is 68.1 Å². The number of Topliss-reactive ketones (excluding diaryl/α,β-unsaturated/α-hetero) is 1. The van der Waals surface area contributed by atoms with Gasteiger partial charge in [0.2, 0.25) is 5.91 Å². The zero-order valence-electron chi connectivity index (χ0n) is 17.1. The Morgan fingerprint density at radius 1 is 1.07 bits per heavy atom. The van der Waals surface area contributed by atoms with E-state index in [2.05, 4.69) is 28.1 Å². The summed E-state index contributed by atoms with van der Waals surface area (Å²) in [5, 5.41) is 3.67. The van der Waals surface area contributed by atoms with Gasteiger partial charge in [0.25, 0.3) is 0 Å². The number of rotatable bonds is 9. The maximum atomic E-state index is 12.4. The molecule has 29 heavy (non-hydrogen) atoms. The van der Waals surface area contributed by atoms with Gasteiger partial charge in [0.15, 0.2) is 10.9 Å². The van der Waals surface area contributed by atoms with Crippen molar-refractivity contribution >= 4 is 34.5 Å². The van der Waals surface area contributed by atoms with Crippen molar-refractivity contribution in [3.05, 3.63) is 60.2 Å². The molecule has 0 bridgehead atoms. The SMILES string of the molecule is CC(=O)C(NC(=O)CSc1nc2ccccc2n1CCc1ccccc1)C(C)C. The molecule has 1 aromatic heterocycles. The zero-order chi connectivity index (χ0) is 20.8. The molecule has 2 aromatic carbocycles. The fourth-order valence-electron chi connectivity index (χ4n) is 3.35. The number of nitrogens with zero attached hydrogens (tertiary/aromatic N) is 2. The van der Waals surface area contributed by atoms with Crippen LogP contribution in [0.2, 0.25) is 0 Å². The largest absolute Gasteiger partial charge is 0.345 e. The Labute approximate surface area is 175 Å². The highest BCUT2D eigenvalue weighted by Crippen LogP contribution is 2.24. The summed E-state index contributed by atoms with van der Waals surface area (Å²) in [7, 11) is 0. The third kappa shape index (κ3) is 5.48. The second kappa shape index (κ2) is 9.74. The van der Waals surface area contributed by atoms with Crippen LogP contribution in [0.4, 0.5) is 0 Å². The van der Waals surface area contributed by atoms with Crippen molar-refractivity contribution in [1.29, 1.82) is 0 Å². The standard InChI is InChI=1S/C23H27N3O2S/c1-16(2)22(17(3)27)25-21(28)15-29-23-24-19-11-7-8-12-20(19)26(23)14-13-18-9-5-4-6-10-18/h4-12,16,22H,13-15H2,1-3H3,(H,25,28). The van der Waals surface area contributed by atoms with Crippen LogP contribution in [0.5, 0.6) is 0 Å². The number of hydrogen-bond acceptors (Lipinski definition) is 4. The third-order valence-electron chi connectivity index (χ3n) is 4.84. The molecule has 6 heteroatoms. The normalized spacial score (nSPS) is 12.3. The molecule has 0 saturated heterocycles. The summed E-state index contributed by atoms with van der Waals surface area (Å²) in [6, 6.07) is 17.9. The predicted octanol–water partition coefficient (Wildman–Crippen LogP) is 4.10. The first kappa shape index (κ1) is 21.1. The Morgan fingerprint density at radius 2 is 1.76 bits per heavy atom. The van der Waals surface area contributed by atoms with E-state index in [1.54, 1.807) is 0 Å². The van der Waals surface area contributed by atoms with Crippen LogP contribution < -0.4 is 5.32 Å². The fourth-order valence-corrected chi connectivity index (χ4v) is 4.20. The minimum atomic E-state index is -0.444. The summed E-state index contributed by atoms with van der Waals surface area (Å²) in [5.41, 5.74) is 3.25. The van der Waals surface area contributed by atoms with Crippen molar-refractivity contribution in [2.45, 2.75) is 44.9 Å². The minimum Gasteiger partial charge on any atom is -0.345 e. The highest BCUT2D eigenvalue weighted by molar-refractivity contribution is 7.99. The van der Waals surface area contributed by atoms with Gasteiger partial charge in [0.05, 0.1) is 22.8 Å². The van der Waals surface area contributed by atoms with Gasteiger partial charge in [0, 0.05) is 6.54 Å². The first-order valence-electron chi connectivity index (χ1n) is 9.87. The molecule has 0 aliphatic carbocycles. The summed E-state index contributed by atoms with van der Waals surface area (Å²) in [5.74, 6) is 0.126. The topological polar surface area (TPSA) is 64.0 Å². The molecule has 0 radical (unpaired) electrons. The molecule has 1 atom stereocenters. The zero-order valence-corrected chi connectivity index (χ0v) is 17.9. The Balaban J connectivity index is 1.73. The molecule has 1 unspecified atom stereocenters. The third-order valence-corrected chi connectivity index (χ3v) is 5.82. The van der Waals surface area contributed by atoms with Crippen LogP contribution in [0.15, 0.2) is 59.8 Å². The van der Waals surface area contributed by atoms with E-state index in [1.165, 1.54) is 24.2 Å². The van der Waals surface area contributed by atoms with E-state index in [4.69, 9.17) is 4.98 Å². The minimum absolute atomic E-state index is 0.0200. The number of thioether (sulfide) groups is 1. The first-order chi connectivity index (χ1) is 14.0. The number of fused-ring (bicyclic) bond motifs is 1. The maximum absolute atomic E-state index is 12.4. The van der Waals surface area contributed by atoms with Gasteiger partial charge in [-0.25, -0.2) is 4.98 Å². The number of carbonyl (C=O) groups excluding carboxylic acids is 2. The number of benzene rings is 2. The molecule has 1 heterocycles. The number of ketones is 1. The molecule has 0 aliphatic heterocycles. The van der Waals surface area contributed by atoms with Gasteiger partial charge >= 0.3 is 0 Å². The Morgan fingerprint density at radius 3 is 2.45 bits per heavy atom. The lowest BCUT2D eigenvalue weighted by Gasteiger charge is -2.19. The number of aryl methyl sites for hydroxylation is 2. The van der Waals surface area contributed by atoms with Gasteiger partial charge in [-0.3, -0.25) is 9.59 Å². The van der Waals surface area contributed by atoms with Crippen molar-refractivity contribution in [1.82, 2.24) is 14.9 Å². The number of amides is 1. The monoisotopic (exact) mass is 409 g/mol. The first-order valence-corrected chi connectivity index (χ1v) is 10.9. The van der Waals surface area contributed by atoms with Crippen molar-refractivity contribution in [3.63, 3.8) is 0 Å². The lowest BCUT2D eigenvalue weighted by atomic mass is 10.0. The summed E-state index contributed by atoms with van der Waals surface area (Å²) in [6.07, 6.45) is 0.890. The fraction of sp³-hybridized carbons (Fsp3) is 0.348. The maximum Gasteiger partial charge on any atom is 0.231 e. The molecule has 3 aromatic rings. The molecule has 0 fully saturated rings. The summed E-state index contributed by atoms with van der Waals surface area (Å²) < 4.78 is 2.17. The van der Waals surface area contributed by atoms with E-state index in [0.717, 1.165) is 29.2 Å². The number of imidazole rings is 1. The van der Waals surface area contributed by atoms with Crippen molar-refractivity contribution in [2.75, 3.05) is 5.75 Å². The highest BCUT2D eigenvalue weighted by Gasteiger charge is 2.21. The molecule has 5 nitrogen and oxygen atoms in total. The smallest absolute Gasteiger partial charge is 0.231 e. The van der Waals surface area contributed by atoms with E-state index >= 15 is 0 Å². The van der Waals surface area contributed by atoms with Crippen molar-refractivity contribution < 1.29 is 9.59 Å². The Kier molecular flexibility index (Phi) is 7.09. The van der Waals surface area contributed by atoms with Crippen LogP contribution in [0.3, 0.4) is 0 Å². The Bertz CT molecular complexity index is 982.